The van der Waals surface area contributed by atoms with Crippen LogP contribution < -0.4 is 10.3 Å². The summed E-state index contributed by atoms with van der Waals surface area (Å²) in [5, 5.41) is 11.8. The van der Waals surface area contributed by atoms with E-state index < -0.39 is 16.9 Å². The van der Waals surface area contributed by atoms with Gasteiger partial charge in [0.1, 0.15) is 5.58 Å². The molecule has 1 atom stereocenters. The van der Waals surface area contributed by atoms with Crippen molar-refractivity contribution in [2.45, 2.75) is 19.9 Å². The number of fused-ring (bicyclic) bond motifs is 2. The van der Waals surface area contributed by atoms with Gasteiger partial charge in [-0.05, 0) is 73.0 Å². The van der Waals surface area contributed by atoms with Crippen LogP contribution in [0.2, 0.25) is 5.02 Å². The van der Waals surface area contributed by atoms with E-state index in [4.69, 9.17) is 16.0 Å². The number of non-ortho nitro benzene ring substituents is 1. The zero-order valence-electron chi connectivity index (χ0n) is 17.7. The number of carbonyl (C=O) groups excluding carboxylic acids is 1. The largest absolute Gasteiger partial charge is 0.450 e. The number of halogens is 1. The van der Waals surface area contributed by atoms with E-state index in [-0.39, 0.29) is 33.4 Å². The number of benzene rings is 3. The molecule has 8 heteroatoms. The van der Waals surface area contributed by atoms with Crippen molar-refractivity contribution in [3.8, 4) is 0 Å². The number of nitrogens with zero attached hydrogens (tertiary/aromatic N) is 2. The molecule has 1 aliphatic heterocycles. The molecule has 0 fully saturated rings. The maximum absolute atomic E-state index is 13.6. The van der Waals surface area contributed by atoms with Gasteiger partial charge in [0.2, 0.25) is 5.76 Å². The molecule has 1 amide bonds. The van der Waals surface area contributed by atoms with Gasteiger partial charge in [0.25, 0.3) is 11.6 Å². The smallest absolute Gasteiger partial charge is 0.295 e. The average Bonchev–Trinajstić information content (AvgIpc) is 3.09. The standard InChI is InChI=1S/C25H17ClN2O5/c1-13-3-7-18(11-14(13)2)27-22(15-4-8-17(9-5-15)28(31)32)21-23(29)19-12-16(26)6-10-20(19)33-24(21)25(27)30/h3-12,22H,1-2H3. The number of anilines is 1. The summed E-state index contributed by atoms with van der Waals surface area (Å²) in [5.41, 5.74) is 3.19. The first kappa shape index (κ1) is 20.9. The first-order chi connectivity index (χ1) is 15.8. The Morgan fingerprint density at radius 3 is 2.36 bits per heavy atom. The molecule has 1 aromatic heterocycles. The van der Waals surface area contributed by atoms with E-state index in [2.05, 4.69) is 0 Å². The van der Waals surface area contributed by atoms with E-state index >= 15 is 0 Å². The zero-order chi connectivity index (χ0) is 23.4. The Labute approximate surface area is 193 Å². The van der Waals surface area contributed by atoms with Crippen molar-refractivity contribution in [2.75, 3.05) is 4.90 Å². The first-order valence-corrected chi connectivity index (χ1v) is 10.6. The third-order valence-corrected chi connectivity index (χ3v) is 6.26. The molecule has 0 N–H and O–H groups in total. The molecule has 0 spiro atoms. The monoisotopic (exact) mass is 460 g/mol. The number of nitro groups is 1. The lowest BCUT2D eigenvalue weighted by Gasteiger charge is -2.25. The Kier molecular flexibility index (Phi) is 4.79. The average molecular weight is 461 g/mol. The van der Waals surface area contributed by atoms with Crippen molar-refractivity contribution >= 4 is 39.9 Å². The van der Waals surface area contributed by atoms with Crippen LogP contribution in [0.1, 0.15) is 38.9 Å². The van der Waals surface area contributed by atoms with Crippen LogP contribution in [0.15, 0.2) is 69.9 Å². The molecule has 33 heavy (non-hydrogen) atoms. The van der Waals surface area contributed by atoms with Crippen LogP contribution in [-0.4, -0.2) is 10.8 Å². The van der Waals surface area contributed by atoms with Gasteiger partial charge in [-0.25, -0.2) is 0 Å². The second-order valence-corrected chi connectivity index (χ2v) is 8.45. The summed E-state index contributed by atoms with van der Waals surface area (Å²) in [6.45, 7) is 3.90. The first-order valence-electron chi connectivity index (χ1n) is 10.2. The van der Waals surface area contributed by atoms with Crippen molar-refractivity contribution in [2.24, 2.45) is 0 Å². The van der Waals surface area contributed by atoms with Crippen LogP contribution >= 0.6 is 11.6 Å². The van der Waals surface area contributed by atoms with Gasteiger partial charge in [-0.2, -0.15) is 0 Å². The molecule has 2 heterocycles. The number of hydrogen-bond donors (Lipinski definition) is 0. The van der Waals surface area contributed by atoms with Crippen LogP contribution in [-0.2, 0) is 0 Å². The Hall–Kier alpha value is -3.97. The minimum absolute atomic E-state index is 0.0450. The lowest BCUT2D eigenvalue weighted by Crippen LogP contribution is -2.29. The molecular weight excluding hydrogens is 444 g/mol. The van der Waals surface area contributed by atoms with E-state index in [1.165, 1.54) is 23.1 Å². The van der Waals surface area contributed by atoms with E-state index in [1.54, 1.807) is 24.3 Å². The highest BCUT2D eigenvalue weighted by Crippen LogP contribution is 2.42. The van der Waals surface area contributed by atoms with Crippen molar-refractivity contribution in [3.63, 3.8) is 0 Å². The summed E-state index contributed by atoms with van der Waals surface area (Å²) < 4.78 is 5.91. The summed E-state index contributed by atoms with van der Waals surface area (Å²) in [6.07, 6.45) is 0. The zero-order valence-corrected chi connectivity index (χ0v) is 18.4. The molecule has 1 unspecified atom stereocenters. The lowest BCUT2D eigenvalue weighted by molar-refractivity contribution is -0.384. The summed E-state index contributed by atoms with van der Waals surface area (Å²) >= 11 is 6.11. The van der Waals surface area contributed by atoms with Gasteiger partial charge in [0.05, 0.1) is 21.9 Å². The second kappa shape index (κ2) is 7.56. The van der Waals surface area contributed by atoms with Gasteiger partial charge in [0.15, 0.2) is 5.43 Å². The fourth-order valence-electron chi connectivity index (χ4n) is 4.18. The Bertz CT molecular complexity index is 1520. The Morgan fingerprint density at radius 2 is 1.70 bits per heavy atom. The molecule has 0 saturated carbocycles. The summed E-state index contributed by atoms with van der Waals surface area (Å²) in [5.74, 6) is -0.498. The van der Waals surface area contributed by atoms with Gasteiger partial charge in [-0.3, -0.25) is 24.6 Å². The number of amides is 1. The van der Waals surface area contributed by atoms with E-state index in [1.807, 2.05) is 32.0 Å². The van der Waals surface area contributed by atoms with E-state index in [0.717, 1.165) is 11.1 Å². The Morgan fingerprint density at radius 1 is 0.970 bits per heavy atom. The molecule has 0 bridgehead atoms. The van der Waals surface area contributed by atoms with E-state index in [0.29, 0.717) is 16.3 Å². The van der Waals surface area contributed by atoms with Gasteiger partial charge in [-0.1, -0.05) is 17.7 Å². The highest BCUT2D eigenvalue weighted by molar-refractivity contribution is 6.31. The molecule has 7 nitrogen and oxygen atoms in total. The fraction of sp³-hybridized carbons (Fsp3) is 0.120. The number of aryl methyl sites for hydroxylation is 2. The van der Waals surface area contributed by atoms with Gasteiger partial charge < -0.3 is 4.42 Å². The quantitative estimate of drug-likeness (QED) is 0.288. The molecular formula is C25H17ClN2O5. The molecule has 5 rings (SSSR count). The van der Waals surface area contributed by atoms with Crippen molar-refractivity contribution < 1.29 is 14.1 Å². The van der Waals surface area contributed by atoms with Crippen molar-refractivity contribution in [1.82, 2.24) is 0 Å². The molecule has 0 radical (unpaired) electrons. The third-order valence-electron chi connectivity index (χ3n) is 6.02. The van der Waals surface area contributed by atoms with E-state index in [9.17, 15) is 19.7 Å². The van der Waals surface area contributed by atoms with Gasteiger partial charge in [-0.15, -0.1) is 0 Å². The minimum Gasteiger partial charge on any atom is -0.450 e. The molecule has 0 saturated heterocycles. The molecule has 3 aromatic carbocycles. The highest BCUT2D eigenvalue weighted by Gasteiger charge is 2.43. The SMILES string of the molecule is Cc1ccc(N2C(=O)c3oc4ccc(Cl)cc4c(=O)c3C2c2ccc([N+](=O)[O-])cc2)cc1C. The third kappa shape index (κ3) is 3.29. The maximum atomic E-state index is 13.6. The predicted molar refractivity (Wildman–Crippen MR) is 125 cm³/mol. The summed E-state index contributed by atoms with van der Waals surface area (Å²) in [4.78, 5) is 39.3. The molecule has 164 valence electrons. The normalized spacial score (nSPS) is 15.2. The van der Waals surface area contributed by atoms with Crippen LogP contribution in [0, 0.1) is 24.0 Å². The summed E-state index contributed by atoms with van der Waals surface area (Å²) in [7, 11) is 0. The van der Waals surface area contributed by atoms with Crippen LogP contribution in [0.3, 0.4) is 0 Å². The fourth-order valence-corrected chi connectivity index (χ4v) is 4.35. The van der Waals surface area contributed by atoms with Crippen LogP contribution in [0.25, 0.3) is 11.0 Å². The van der Waals surface area contributed by atoms with Crippen LogP contribution in [0.4, 0.5) is 11.4 Å². The summed E-state index contributed by atoms with van der Waals surface area (Å²) in [6, 6.07) is 15.3. The predicted octanol–water partition coefficient (Wildman–Crippen LogP) is 5.72. The number of hydrogen-bond acceptors (Lipinski definition) is 5. The van der Waals surface area contributed by atoms with Crippen molar-refractivity contribution in [3.05, 3.63) is 114 Å². The molecule has 0 aliphatic carbocycles. The molecule has 4 aromatic rings. The van der Waals surface area contributed by atoms with Gasteiger partial charge >= 0.3 is 0 Å². The Balaban J connectivity index is 1.79. The molecule has 1 aliphatic rings. The van der Waals surface area contributed by atoms with Crippen LogP contribution in [0.5, 0.6) is 0 Å². The maximum Gasteiger partial charge on any atom is 0.295 e. The number of carbonyl (C=O) groups is 1. The minimum atomic E-state index is -0.810. The number of rotatable bonds is 3. The topological polar surface area (TPSA) is 93.7 Å². The number of nitro benzene ring substituents is 1. The highest BCUT2D eigenvalue weighted by atomic mass is 35.5. The lowest BCUT2D eigenvalue weighted by atomic mass is 9.97. The second-order valence-electron chi connectivity index (χ2n) is 8.01. The van der Waals surface area contributed by atoms with Gasteiger partial charge in [0, 0.05) is 22.8 Å². The van der Waals surface area contributed by atoms with Crippen molar-refractivity contribution in [1.29, 1.82) is 0 Å².